The van der Waals surface area contributed by atoms with E-state index in [9.17, 15) is 14.9 Å². The van der Waals surface area contributed by atoms with Crippen LogP contribution in [0.5, 0.6) is 5.75 Å². The van der Waals surface area contributed by atoms with Gasteiger partial charge in [0.1, 0.15) is 11.3 Å². The number of non-ortho nitro benzene ring substituents is 1. The summed E-state index contributed by atoms with van der Waals surface area (Å²) in [5, 5.41) is 11.5. The molecule has 0 saturated heterocycles. The Labute approximate surface area is 188 Å². The Morgan fingerprint density at radius 1 is 1.25 bits per heavy atom. The van der Waals surface area contributed by atoms with E-state index in [1.54, 1.807) is 17.4 Å². The number of rotatable bonds is 9. The molecule has 2 heterocycles. The molecule has 0 aliphatic carbocycles. The summed E-state index contributed by atoms with van der Waals surface area (Å²) in [6.07, 6.45) is 6.00. The summed E-state index contributed by atoms with van der Waals surface area (Å²) in [5.74, 6) is 0.413. The Balaban J connectivity index is 1.65. The maximum Gasteiger partial charge on any atom is 0.269 e. The van der Waals surface area contributed by atoms with Gasteiger partial charge in [0.05, 0.1) is 22.6 Å². The molecule has 9 nitrogen and oxygen atoms in total. The van der Waals surface area contributed by atoms with Crippen molar-refractivity contribution in [2.45, 2.75) is 19.9 Å². The Bertz CT molecular complexity index is 1220. The van der Waals surface area contributed by atoms with E-state index < -0.39 is 4.92 Å². The lowest BCUT2D eigenvalue weighted by Gasteiger charge is -2.20. The van der Waals surface area contributed by atoms with Crippen LogP contribution in [-0.4, -0.2) is 38.5 Å². The summed E-state index contributed by atoms with van der Waals surface area (Å²) in [6.45, 7) is 3.55. The smallest absolute Gasteiger partial charge is 0.269 e. The number of anilines is 1. The third kappa shape index (κ3) is 4.59. The summed E-state index contributed by atoms with van der Waals surface area (Å²) >= 11 is 1.41. The molecule has 0 saturated carbocycles. The van der Waals surface area contributed by atoms with Crippen LogP contribution in [0.1, 0.15) is 23.7 Å². The van der Waals surface area contributed by atoms with Crippen LogP contribution in [0.2, 0.25) is 0 Å². The summed E-state index contributed by atoms with van der Waals surface area (Å²) in [5.41, 5.74) is 1.02. The van der Waals surface area contributed by atoms with Crippen molar-refractivity contribution in [3.63, 3.8) is 0 Å². The second kappa shape index (κ2) is 9.56. The molecule has 10 heteroatoms. The highest BCUT2D eigenvalue weighted by Crippen LogP contribution is 2.35. The van der Waals surface area contributed by atoms with Crippen LogP contribution >= 0.6 is 11.3 Å². The first-order chi connectivity index (χ1) is 15.6. The number of nitro benzene ring substituents is 1. The minimum Gasteiger partial charge on any atom is -0.492 e. The highest BCUT2D eigenvalue weighted by Gasteiger charge is 2.22. The van der Waals surface area contributed by atoms with Crippen molar-refractivity contribution in [1.29, 1.82) is 0 Å². The molecule has 4 aromatic rings. The fraction of sp³-hybridized carbons (Fsp3) is 0.227. The molecule has 0 bridgehead atoms. The molecular weight excluding hydrogens is 430 g/mol. The van der Waals surface area contributed by atoms with Gasteiger partial charge in [-0.15, -0.1) is 0 Å². The van der Waals surface area contributed by atoms with Crippen LogP contribution in [0, 0.1) is 10.1 Å². The van der Waals surface area contributed by atoms with Gasteiger partial charge in [0.2, 0.25) is 0 Å². The van der Waals surface area contributed by atoms with Crippen molar-refractivity contribution < 1.29 is 14.5 Å². The molecule has 0 N–H and O–H groups in total. The fourth-order valence-electron chi connectivity index (χ4n) is 3.30. The van der Waals surface area contributed by atoms with Crippen LogP contribution in [0.15, 0.2) is 61.2 Å². The van der Waals surface area contributed by atoms with Crippen LogP contribution in [0.25, 0.3) is 10.2 Å². The molecule has 2 aromatic heterocycles. The number of ether oxygens (including phenoxy) is 1. The zero-order valence-electron chi connectivity index (χ0n) is 17.4. The summed E-state index contributed by atoms with van der Waals surface area (Å²) < 4.78 is 8.55. The second-order valence-corrected chi connectivity index (χ2v) is 7.96. The number of nitro groups is 1. The summed E-state index contributed by atoms with van der Waals surface area (Å²) in [4.78, 5) is 34.2. The molecule has 0 unspecified atom stereocenters. The van der Waals surface area contributed by atoms with E-state index in [0.29, 0.717) is 48.1 Å². The number of benzene rings is 2. The molecule has 4 rings (SSSR count). The van der Waals surface area contributed by atoms with E-state index >= 15 is 0 Å². The molecule has 0 aliphatic rings. The van der Waals surface area contributed by atoms with Gasteiger partial charge in [-0.1, -0.05) is 17.4 Å². The van der Waals surface area contributed by atoms with Gasteiger partial charge in [-0.25, -0.2) is 9.97 Å². The van der Waals surface area contributed by atoms with Gasteiger partial charge in [-0.05, 0) is 37.6 Å². The van der Waals surface area contributed by atoms with Gasteiger partial charge >= 0.3 is 0 Å². The van der Waals surface area contributed by atoms with Crippen LogP contribution in [0.4, 0.5) is 10.8 Å². The lowest BCUT2D eigenvalue weighted by atomic mass is 10.2. The molecule has 0 spiro atoms. The highest BCUT2D eigenvalue weighted by atomic mass is 32.1. The molecular formula is C22H21N5O4S. The first kappa shape index (κ1) is 21.4. The minimum absolute atomic E-state index is 0.0606. The molecule has 0 radical (unpaired) electrons. The summed E-state index contributed by atoms with van der Waals surface area (Å²) in [7, 11) is 0. The van der Waals surface area contributed by atoms with Gasteiger partial charge in [0.25, 0.3) is 11.6 Å². The average Bonchev–Trinajstić information content (AvgIpc) is 3.47. The molecule has 32 heavy (non-hydrogen) atoms. The quantitative estimate of drug-likeness (QED) is 0.273. The lowest BCUT2D eigenvalue weighted by Crippen LogP contribution is -2.32. The monoisotopic (exact) mass is 451 g/mol. The number of aryl methyl sites for hydroxylation is 1. The number of nitrogens with zero attached hydrogens (tertiary/aromatic N) is 5. The number of imidazole rings is 1. The average molecular weight is 452 g/mol. The van der Waals surface area contributed by atoms with Crippen LogP contribution < -0.4 is 9.64 Å². The van der Waals surface area contributed by atoms with Crippen LogP contribution in [-0.2, 0) is 6.54 Å². The fourth-order valence-corrected chi connectivity index (χ4v) is 4.30. The highest BCUT2D eigenvalue weighted by molar-refractivity contribution is 7.22. The van der Waals surface area contributed by atoms with E-state index in [0.717, 1.165) is 4.70 Å². The number of carbonyl (C=O) groups excluding carboxylic acids is 1. The van der Waals surface area contributed by atoms with Crippen molar-refractivity contribution in [2.24, 2.45) is 0 Å². The summed E-state index contributed by atoms with van der Waals surface area (Å²) in [6, 6.07) is 11.3. The maximum atomic E-state index is 13.4. The standard InChI is InChI=1S/C22H21N5O4S/c1-2-31-18-5-3-6-19-20(18)24-22(32-19)26(13-4-12-25-14-11-23-15-25)21(28)16-7-9-17(10-8-16)27(29)30/h3,5-11,14-15H,2,4,12-13H2,1H3. The van der Waals surface area contributed by atoms with E-state index in [-0.39, 0.29) is 11.6 Å². The number of amides is 1. The molecule has 0 fully saturated rings. The molecule has 0 aliphatic heterocycles. The van der Waals surface area contributed by atoms with Gasteiger partial charge in [0.15, 0.2) is 5.13 Å². The van der Waals surface area contributed by atoms with E-state index in [1.807, 2.05) is 35.9 Å². The Morgan fingerprint density at radius 3 is 2.75 bits per heavy atom. The Kier molecular flexibility index (Phi) is 6.41. The van der Waals surface area contributed by atoms with Gasteiger partial charge in [-0.3, -0.25) is 19.8 Å². The van der Waals surface area contributed by atoms with Gasteiger partial charge in [0, 0.05) is 43.2 Å². The first-order valence-electron chi connectivity index (χ1n) is 10.1. The SMILES string of the molecule is CCOc1cccc2sc(N(CCCn3ccnc3)C(=O)c3ccc([N+](=O)[O-])cc3)nc12. The van der Waals surface area contributed by atoms with E-state index in [2.05, 4.69) is 4.98 Å². The maximum absolute atomic E-state index is 13.4. The van der Waals surface area contributed by atoms with Gasteiger partial charge < -0.3 is 9.30 Å². The predicted molar refractivity (Wildman–Crippen MR) is 122 cm³/mol. The number of thiazole rings is 1. The zero-order chi connectivity index (χ0) is 22.5. The van der Waals surface area contributed by atoms with Crippen molar-refractivity contribution in [3.8, 4) is 5.75 Å². The third-order valence-corrected chi connectivity index (χ3v) is 5.87. The number of hydrogen-bond donors (Lipinski definition) is 0. The number of aromatic nitrogens is 3. The Hall–Kier alpha value is -3.79. The second-order valence-electron chi connectivity index (χ2n) is 6.95. The zero-order valence-corrected chi connectivity index (χ0v) is 18.2. The van der Waals surface area contributed by atoms with Crippen molar-refractivity contribution >= 4 is 38.3 Å². The number of hydrogen-bond acceptors (Lipinski definition) is 7. The topological polar surface area (TPSA) is 103 Å². The van der Waals surface area contributed by atoms with E-state index in [1.165, 1.54) is 35.6 Å². The minimum atomic E-state index is -0.486. The van der Waals surface area contributed by atoms with Gasteiger partial charge in [-0.2, -0.15) is 0 Å². The van der Waals surface area contributed by atoms with E-state index in [4.69, 9.17) is 9.72 Å². The number of para-hydroxylation sites is 1. The van der Waals surface area contributed by atoms with Crippen molar-refractivity contribution in [3.05, 3.63) is 76.9 Å². The molecule has 1 amide bonds. The number of fused-ring (bicyclic) bond motifs is 1. The molecule has 2 aromatic carbocycles. The predicted octanol–water partition coefficient (Wildman–Crippen LogP) is 4.54. The van der Waals surface area contributed by atoms with Crippen molar-refractivity contribution in [1.82, 2.24) is 14.5 Å². The normalized spacial score (nSPS) is 10.9. The van der Waals surface area contributed by atoms with Crippen molar-refractivity contribution in [2.75, 3.05) is 18.1 Å². The van der Waals surface area contributed by atoms with Crippen LogP contribution in [0.3, 0.4) is 0 Å². The lowest BCUT2D eigenvalue weighted by molar-refractivity contribution is -0.384. The number of carbonyl (C=O) groups is 1. The molecule has 0 atom stereocenters. The first-order valence-corrected chi connectivity index (χ1v) is 10.9. The largest absolute Gasteiger partial charge is 0.492 e. The molecule has 164 valence electrons. The Morgan fingerprint density at radius 2 is 2.06 bits per heavy atom. The third-order valence-electron chi connectivity index (χ3n) is 4.83.